The summed E-state index contributed by atoms with van der Waals surface area (Å²) in [5, 5.41) is 4.82. The van der Waals surface area contributed by atoms with Gasteiger partial charge in [-0.05, 0) is 24.6 Å². The van der Waals surface area contributed by atoms with E-state index < -0.39 is 0 Å². The fourth-order valence-corrected chi connectivity index (χ4v) is 2.80. The molecular formula is C15H21N3. The number of fused-ring (bicyclic) bond motifs is 1. The molecule has 1 aromatic heterocycles. The van der Waals surface area contributed by atoms with E-state index in [0.717, 1.165) is 32.7 Å². The molecule has 1 fully saturated rings. The molecular weight excluding hydrogens is 222 g/mol. The molecule has 1 aliphatic heterocycles. The molecule has 96 valence electrons. The van der Waals surface area contributed by atoms with Gasteiger partial charge in [0, 0.05) is 56.4 Å². The molecule has 1 aromatic carbocycles. The largest absolute Gasteiger partial charge is 0.348 e. The van der Waals surface area contributed by atoms with Crippen LogP contribution in [0.25, 0.3) is 10.9 Å². The van der Waals surface area contributed by atoms with E-state index in [9.17, 15) is 0 Å². The van der Waals surface area contributed by atoms with Gasteiger partial charge in [-0.15, -0.1) is 0 Å². The Morgan fingerprint density at radius 1 is 1.22 bits per heavy atom. The third kappa shape index (κ3) is 2.04. The van der Waals surface area contributed by atoms with Crippen LogP contribution in [0.4, 0.5) is 0 Å². The zero-order chi connectivity index (χ0) is 12.5. The summed E-state index contributed by atoms with van der Waals surface area (Å²) in [4.78, 5) is 2.54. The summed E-state index contributed by atoms with van der Waals surface area (Å²) in [5.74, 6) is 0. The Kier molecular flexibility index (Phi) is 3.10. The monoisotopic (exact) mass is 243 g/mol. The van der Waals surface area contributed by atoms with Crippen LogP contribution >= 0.6 is 0 Å². The number of aromatic nitrogens is 1. The van der Waals surface area contributed by atoms with Gasteiger partial charge in [-0.25, -0.2) is 0 Å². The zero-order valence-electron chi connectivity index (χ0n) is 11.2. The molecule has 0 amide bonds. The topological polar surface area (TPSA) is 20.2 Å². The standard InChI is InChI=1S/C15H21N3/c1-12-10-14-13(4-3-5-15(14)17(12)2)11-18-8-6-16-7-9-18/h3-5,10,16H,6-9,11H2,1-2H3. The molecule has 2 heterocycles. The third-order valence-corrected chi connectivity index (χ3v) is 4.02. The van der Waals surface area contributed by atoms with Crippen LogP contribution in [0.15, 0.2) is 24.3 Å². The predicted molar refractivity (Wildman–Crippen MR) is 75.8 cm³/mol. The Balaban J connectivity index is 1.93. The van der Waals surface area contributed by atoms with Crippen molar-refractivity contribution >= 4 is 10.9 Å². The summed E-state index contributed by atoms with van der Waals surface area (Å²) >= 11 is 0. The third-order valence-electron chi connectivity index (χ3n) is 4.02. The lowest BCUT2D eigenvalue weighted by molar-refractivity contribution is 0.234. The first-order valence-corrected chi connectivity index (χ1v) is 6.73. The molecule has 1 aliphatic rings. The van der Waals surface area contributed by atoms with E-state index in [1.807, 2.05) is 0 Å². The quantitative estimate of drug-likeness (QED) is 0.869. The Labute approximate surface area is 108 Å². The van der Waals surface area contributed by atoms with Gasteiger partial charge in [-0.1, -0.05) is 12.1 Å². The van der Waals surface area contributed by atoms with Crippen LogP contribution in [0.3, 0.4) is 0 Å². The van der Waals surface area contributed by atoms with E-state index in [1.54, 1.807) is 0 Å². The maximum atomic E-state index is 3.41. The summed E-state index contributed by atoms with van der Waals surface area (Å²) in [5.41, 5.74) is 4.14. The second-order valence-electron chi connectivity index (χ2n) is 5.22. The normalized spacial score (nSPS) is 17.4. The van der Waals surface area contributed by atoms with Gasteiger partial charge >= 0.3 is 0 Å². The van der Waals surface area contributed by atoms with Gasteiger partial charge in [0.2, 0.25) is 0 Å². The SMILES string of the molecule is Cc1cc2c(CN3CCNCC3)cccc2n1C. The Morgan fingerprint density at radius 2 is 2.00 bits per heavy atom. The lowest BCUT2D eigenvalue weighted by Gasteiger charge is -2.27. The lowest BCUT2D eigenvalue weighted by atomic mass is 10.1. The molecule has 0 atom stereocenters. The van der Waals surface area contributed by atoms with Gasteiger partial charge in [0.15, 0.2) is 0 Å². The van der Waals surface area contributed by atoms with Crippen molar-refractivity contribution in [3.8, 4) is 0 Å². The molecule has 0 spiro atoms. The predicted octanol–water partition coefficient (Wildman–Crippen LogP) is 1.89. The highest BCUT2D eigenvalue weighted by Gasteiger charge is 2.12. The van der Waals surface area contributed by atoms with Crippen LogP contribution in [0.2, 0.25) is 0 Å². The van der Waals surface area contributed by atoms with Gasteiger partial charge < -0.3 is 9.88 Å². The Morgan fingerprint density at radius 3 is 2.78 bits per heavy atom. The van der Waals surface area contributed by atoms with Crippen LogP contribution in [0.1, 0.15) is 11.3 Å². The summed E-state index contributed by atoms with van der Waals surface area (Å²) in [6, 6.07) is 8.97. The average Bonchev–Trinajstić information content (AvgIpc) is 2.69. The van der Waals surface area contributed by atoms with Crippen LogP contribution in [0, 0.1) is 6.92 Å². The highest BCUT2D eigenvalue weighted by Crippen LogP contribution is 2.23. The molecule has 2 aromatic rings. The summed E-state index contributed by atoms with van der Waals surface area (Å²) in [6.07, 6.45) is 0. The number of nitrogens with one attached hydrogen (secondary N) is 1. The van der Waals surface area contributed by atoms with Gasteiger partial charge in [0.25, 0.3) is 0 Å². The van der Waals surface area contributed by atoms with Crippen LogP contribution in [0.5, 0.6) is 0 Å². The molecule has 1 N–H and O–H groups in total. The minimum absolute atomic E-state index is 1.07. The van der Waals surface area contributed by atoms with Crippen LogP contribution < -0.4 is 5.32 Å². The van der Waals surface area contributed by atoms with Crippen LogP contribution in [-0.4, -0.2) is 35.6 Å². The van der Waals surface area contributed by atoms with E-state index in [4.69, 9.17) is 0 Å². The molecule has 3 heteroatoms. The highest BCUT2D eigenvalue weighted by molar-refractivity contribution is 5.84. The zero-order valence-corrected chi connectivity index (χ0v) is 11.2. The maximum absolute atomic E-state index is 3.41. The van der Waals surface area contributed by atoms with Gasteiger partial charge in [-0.3, -0.25) is 4.90 Å². The molecule has 1 saturated heterocycles. The molecule has 0 radical (unpaired) electrons. The van der Waals surface area contributed by atoms with E-state index in [0.29, 0.717) is 0 Å². The fraction of sp³-hybridized carbons (Fsp3) is 0.467. The second kappa shape index (κ2) is 4.75. The second-order valence-corrected chi connectivity index (χ2v) is 5.22. The molecule has 0 unspecified atom stereocenters. The molecule has 0 aliphatic carbocycles. The fourth-order valence-electron chi connectivity index (χ4n) is 2.80. The highest BCUT2D eigenvalue weighted by atomic mass is 15.2. The van der Waals surface area contributed by atoms with Crippen molar-refractivity contribution in [3.05, 3.63) is 35.5 Å². The van der Waals surface area contributed by atoms with Gasteiger partial charge in [0.05, 0.1) is 0 Å². The first-order chi connectivity index (χ1) is 8.75. The van der Waals surface area contributed by atoms with Crippen molar-refractivity contribution in [1.29, 1.82) is 0 Å². The van der Waals surface area contributed by atoms with Crippen molar-refractivity contribution in [3.63, 3.8) is 0 Å². The number of hydrogen-bond acceptors (Lipinski definition) is 2. The smallest absolute Gasteiger partial charge is 0.0483 e. The number of piperazine rings is 1. The first-order valence-electron chi connectivity index (χ1n) is 6.73. The van der Waals surface area contributed by atoms with Gasteiger partial charge in [0.1, 0.15) is 0 Å². The summed E-state index contributed by atoms with van der Waals surface area (Å²) in [7, 11) is 2.15. The minimum atomic E-state index is 1.07. The molecule has 0 bridgehead atoms. The Bertz CT molecular complexity index is 550. The number of nitrogens with zero attached hydrogens (tertiary/aromatic N) is 2. The van der Waals surface area contributed by atoms with Crippen molar-refractivity contribution in [2.45, 2.75) is 13.5 Å². The lowest BCUT2D eigenvalue weighted by Crippen LogP contribution is -2.42. The van der Waals surface area contributed by atoms with E-state index in [2.05, 4.69) is 53.0 Å². The Hall–Kier alpha value is -1.32. The van der Waals surface area contributed by atoms with Crippen molar-refractivity contribution in [1.82, 2.24) is 14.8 Å². The van der Waals surface area contributed by atoms with E-state index in [1.165, 1.54) is 22.2 Å². The van der Waals surface area contributed by atoms with Crippen molar-refractivity contribution in [2.24, 2.45) is 7.05 Å². The summed E-state index contributed by atoms with van der Waals surface area (Å²) < 4.78 is 2.27. The van der Waals surface area contributed by atoms with Crippen molar-refractivity contribution < 1.29 is 0 Å². The van der Waals surface area contributed by atoms with Crippen LogP contribution in [-0.2, 0) is 13.6 Å². The molecule has 0 saturated carbocycles. The van der Waals surface area contributed by atoms with Gasteiger partial charge in [-0.2, -0.15) is 0 Å². The molecule has 3 rings (SSSR count). The number of benzene rings is 1. The number of rotatable bonds is 2. The number of aryl methyl sites for hydroxylation is 2. The molecule has 18 heavy (non-hydrogen) atoms. The average molecular weight is 243 g/mol. The number of hydrogen-bond donors (Lipinski definition) is 1. The van der Waals surface area contributed by atoms with E-state index >= 15 is 0 Å². The van der Waals surface area contributed by atoms with Crippen molar-refractivity contribution in [2.75, 3.05) is 26.2 Å². The maximum Gasteiger partial charge on any atom is 0.0483 e. The minimum Gasteiger partial charge on any atom is -0.348 e. The summed E-state index contributed by atoms with van der Waals surface area (Å²) in [6.45, 7) is 7.79. The molecule has 3 nitrogen and oxygen atoms in total. The first kappa shape index (κ1) is 11.8. The van der Waals surface area contributed by atoms with E-state index in [-0.39, 0.29) is 0 Å².